The molecule has 30 heavy (non-hydrogen) atoms. The quantitative estimate of drug-likeness (QED) is 0.657. The largest absolute Gasteiger partial charge is 0.433 e. The maximum Gasteiger partial charge on any atom is 0.433 e. The molecule has 1 N–H and O–H groups in total. The SMILES string of the molecule is CC[S@@](=N)(=O)c1cc(C(C)(C)C#N)cnc1-c1nc2cc(C(F)(F)F)ncc2n1C. The van der Waals surface area contributed by atoms with E-state index in [0.29, 0.717) is 11.1 Å². The topological polar surface area (TPSA) is 108 Å². The highest BCUT2D eigenvalue weighted by molar-refractivity contribution is 7.92. The number of halogens is 3. The summed E-state index contributed by atoms with van der Waals surface area (Å²) < 4.78 is 61.8. The van der Waals surface area contributed by atoms with Crippen molar-refractivity contribution < 1.29 is 17.4 Å². The molecule has 158 valence electrons. The number of nitriles is 1. The first-order valence-corrected chi connectivity index (χ1v) is 10.6. The Hall–Kier alpha value is -3.00. The third-order valence-corrected chi connectivity index (χ3v) is 6.72. The molecule has 3 heterocycles. The molecule has 0 bridgehead atoms. The van der Waals surface area contributed by atoms with Crippen molar-refractivity contribution in [3.63, 3.8) is 0 Å². The van der Waals surface area contributed by atoms with Crippen molar-refractivity contribution in [3.8, 4) is 17.6 Å². The Bertz CT molecular complexity index is 1290. The highest BCUT2D eigenvalue weighted by atomic mass is 32.2. The van der Waals surface area contributed by atoms with Gasteiger partial charge in [0.05, 0.1) is 43.3 Å². The summed E-state index contributed by atoms with van der Waals surface area (Å²) in [5.41, 5.74) is -1.01. The lowest BCUT2D eigenvalue weighted by Crippen LogP contribution is -2.17. The van der Waals surface area contributed by atoms with Crippen LogP contribution in [0.1, 0.15) is 32.0 Å². The van der Waals surface area contributed by atoms with E-state index in [9.17, 15) is 22.6 Å². The van der Waals surface area contributed by atoms with E-state index < -0.39 is 27.0 Å². The molecule has 0 aliphatic carbocycles. The Labute approximate surface area is 171 Å². The number of aromatic nitrogens is 4. The van der Waals surface area contributed by atoms with Gasteiger partial charge in [-0.15, -0.1) is 0 Å². The van der Waals surface area contributed by atoms with Crippen LogP contribution in [0.3, 0.4) is 0 Å². The summed E-state index contributed by atoms with van der Waals surface area (Å²) in [7, 11) is -1.70. The summed E-state index contributed by atoms with van der Waals surface area (Å²) in [5, 5.41) is 9.40. The number of aryl methyl sites for hydroxylation is 1. The lowest BCUT2D eigenvalue weighted by atomic mass is 9.87. The Morgan fingerprint density at radius 3 is 2.47 bits per heavy atom. The van der Waals surface area contributed by atoms with Crippen LogP contribution in [0.5, 0.6) is 0 Å². The highest BCUT2D eigenvalue weighted by Gasteiger charge is 2.33. The summed E-state index contributed by atoms with van der Waals surface area (Å²) in [6.45, 7) is 4.94. The maximum absolute atomic E-state index is 13.0. The minimum atomic E-state index is -4.61. The van der Waals surface area contributed by atoms with Crippen molar-refractivity contribution in [1.29, 1.82) is 10.0 Å². The standard InChI is InChI=1S/C19H19F3N6OS/c1-5-30(24,29)14-6-11(18(2,3)10-23)8-26-16(14)17-27-12-7-15(19(20,21)22)25-9-13(12)28(17)4/h6-9,24H,5H2,1-4H3/t30-/m1/s1. The van der Waals surface area contributed by atoms with Crippen LogP contribution in [0.15, 0.2) is 29.4 Å². The minimum absolute atomic E-state index is 0.00182. The summed E-state index contributed by atoms with van der Waals surface area (Å²) in [4.78, 5) is 12.1. The van der Waals surface area contributed by atoms with E-state index in [1.807, 2.05) is 0 Å². The van der Waals surface area contributed by atoms with Crippen molar-refractivity contribution in [2.24, 2.45) is 7.05 Å². The predicted molar refractivity (Wildman–Crippen MR) is 105 cm³/mol. The second-order valence-corrected chi connectivity index (χ2v) is 9.69. The molecule has 0 aliphatic rings. The molecule has 3 aromatic heterocycles. The molecule has 7 nitrogen and oxygen atoms in total. The number of fused-ring (bicyclic) bond motifs is 1. The zero-order valence-electron chi connectivity index (χ0n) is 16.7. The van der Waals surface area contributed by atoms with Gasteiger partial charge in [0.15, 0.2) is 5.82 Å². The Morgan fingerprint density at radius 2 is 1.90 bits per heavy atom. The molecule has 11 heteroatoms. The molecular formula is C19H19F3N6OS. The molecule has 3 rings (SSSR count). The molecule has 0 amide bonds. The number of hydrogen-bond donors (Lipinski definition) is 1. The van der Waals surface area contributed by atoms with Crippen molar-refractivity contribution in [1.82, 2.24) is 19.5 Å². The van der Waals surface area contributed by atoms with Gasteiger partial charge in [-0.2, -0.15) is 18.4 Å². The van der Waals surface area contributed by atoms with E-state index in [4.69, 9.17) is 4.78 Å². The van der Waals surface area contributed by atoms with Gasteiger partial charge in [0.1, 0.15) is 11.4 Å². The maximum atomic E-state index is 13.0. The molecule has 0 saturated heterocycles. The minimum Gasteiger partial charge on any atom is -0.325 e. The van der Waals surface area contributed by atoms with E-state index in [1.54, 1.807) is 27.8 Å². The molecule has 0 aromatic carbocycles. The van der Waals surface area contributed by atoms with Crippen LogP contribution in [0.4, 0.5) is 13.2 Å². The van der Waals surface area contributed by atoms with Gasteiger partial charge < -0.3 is 4.57 Å². The normalized spacial score (nSPS) is 14.5. The average molecular weight is 436 g/mol. The van der Waals surface area contributed by atoms with Gasteiger partial charge in [0, 0.05) is 19.0 Å². The zero-order valence-corrected chi connectivity index (χ0v) is 17.5. The second-order valence-electron chi connectivity index (χ2n) is 7.32. The molecule has 0 aliphatic heterocycles. The van der Waals surface area contributed by atoms with Gasteiger partial charge in [-0.05, 0) is 31.5 Å². The van der Waals surface area contributed by atoms with Gasteiger partial charge in [0.2, 0.25) is 0 Å². The van der Waals surface area contributed by atoms with Gasteiger partial charge in [-0.1, -0.05) is 6.92 Å². The van der Waals surface area contributed by atoms with E-state index in [-0.39, 0.29) is 27.7 Å². The third-order valence-electron chi connectivity index (χ3n) is 4.89. The summed E-state index contributed by atoms with van der Waals surface area (Å²) >= 11 is 0. The number of nitrogens with zero attached hydrogens (tertiary/aromatic N) is 5. The molecule has 3 aromatic rings. The molecular weight excluding hydrogens is 417 g/mol. The van der Waals surface area contributed by atoms with E-state index in [2.05, 4.69) is 21.0 Å². The Balaban J connectivity index is 2.31. The fourth-order valence-corrected chi connectivity index (χ4v) is 3.97. The lowest BCUT2D eigenvalue weighted by Gasteiger charge is -2.18. The van der Waals surface area contributed by atoms with Crippen molar-refractivity contribution in [2.45, 2.75) is 37.3 Å². The summed E-state index contributed by atoms with van der Waals surface area (Å²) in [5.74, 6) is 0.165. The molecule has 0 fully saturated rings. The summed E-state index contributed by atoms with van der Waals surface area (Å²) in [6, 6.07) is 4.48. The van der Waals surface area contributed by atoms with Gasteiger partial charge in [-0.3, -0.25) is 4.98 Å². The number of hydrogen-bond acceptors (Lipinski definition) is 6. The predicted octanol–water partition coefficient (Wildman–Crippen LogP) is 4.28. The number of nitrogens with one attached hydrogen (secondary N) is 1. The Kier molecular flexibility index (Phi) is 5.10. The van der Waals surface area contributed by atoms with Crippen LogP contribution < -0.4 is 0 Å². The fraction of sp³-hybridized carbons (Fsp3) is 0.368. The molecule has 0 spiro atoms. The van der Waals surface area contributed by atoms with E-state index in [1.165, 1.54) is 16.8 Å². The Morgan fingerprint density at radius 1 is 1.23 bits per heavy atom. The van der Waals surface area contributed by atoms with Crippen LogP contribution in [0.2, 0.25) is 0 Å². The lowest BCUT2D eigenvalue weighted by molar-refractivity contribution is -0.141. The first-order valence-electron chi connectivity index (χ1n) is 8.90. The first kappa shape index (κ1) is 21.7. The highest BCUT2D eigenvalue weighted by Crippen LogP contribution is 2.34. The first-order chi connectivity index (χ1) is 13.8. The van der Waals surface area contributed by atoms with Gasteiger partial charge in [-0.25, -0.2) is 19.0 Å². The van der Waals surface area contributed by atoms with Gasteiger partial charge in [0.25, 0.3) is 0 Å². The zero-order chi connectivity index (χ0) is 22.5. The van der Waals surface area contributed by atoms with Gasteiger partial charge >= 0.3 is 6.18 Å². The van der Waals surface area contributed by atoms with Crippen molar-refractivity contribution in [2.75, 3.05) is 5.75 Å². The summed E-state index contributed by atoms with van der Waals surface area (Å²) in [6.07, 6.45) is -2.11. The number of pyridine rings is 2. The van der Waals surface area contributed by atoms with Crippen LogP contribution in [0.25, 0.3) is 22.6 Å². The van der Waals surface area contributed by atoms with E-state index >= 15 is 0 Å². The molecule has 0 unspecified atom stereocenters. The number of imidazole rings is 1. The monoisotopic (exact) mass is 436 g/mol. The van der Waals surface area contributed by atoms with Crippen molar-refractivity contribution >= 4 is 20.8 Å². The van der Waals surface area contributed by atoms with E-state index in [0.717, 1.165) is 12.3 Å². The van der Waals surface area contributed by atoms with Crippen LogP contribution in [-0.4, -0.2) is 29.5 Å². The van der Waals surface area contributed by atoms with Crippen LogP contribution in [0, 0.1) is 16.1 Å². The third kappa shape index (κ3) is 3.63. The second kappa shape index (κ2) is 7.05. The average Bonchev–Trinajstić information content (AvgIpc) is 3.02. The van der Waals surface area contributed by atoms with Crippen LogP contribution >= 0.6 is 0 Å². The number of rotatable bonds is 4. The van der Waals surface area contributed by atoms with Crippen LogP contribution in [-0.2, 0) is 28.4 Å². The smallest absolute Gasteiger partial charge is 0.325 e. The molecule has 1 atom stereocenters. The van der Waals surface area contributed by atoms with Crippen molar-refractivity contribution in [3.05, 3.63) is 35.8 Å². The fourth-order valence-electron chi connectivity index (χ4n) is 2.88. The number of alkyl halides is 3. The molecule has 0 radical (unpaired) electrons. The molecule has 0 saturated carbocycles.